The van der Waals surface area contributed by atoms with Gasteiger partial charge in [0.1, 0.15) is 11.5 Å². The highest BCUT2D eigenvalue weighted by atomic mass is 19.4. The molecule has 5 nitrogen and oxygen atoms in total. The van der Waals surface area contributed by atoms with Crippen LogP contribution in [0, 0.1) is 5.82 Å². The van der Waals surface area contributed by atoms with Gasteiger partial charge in [0.15, 0.2) is 0 Å². The topological polar surface area (TPSA) is 54.5 Å². The normalized spacial score (nSPS) is 16.6. The van der Waals surface area contributed by atoms with E-state index in [1.165, 1.54) is 12.1 Å². The predicted octanol–water partition coefficient (Wildman–Crippen LogP) is 3.04. The van der Waals surface area contributed by atoms with Gasteiger partial charge in [-0.05, 0) is 29.8 Å². The van der Waals surface area contributed by atoms with Gasteiger partial charge in [-0.2, -0.15) is 13.2 Å². The van der Waals surface area contributed by atoms with E-state index in [-0.39, 0.29) is 24.0 Å². The molecule has 1 saturated heterocycles. The van der Waals surface area contributed by atoms with Crippen LogP contribution in [-0.2, 0) is 10.9 Å². The Hall–Kier alpha value is -2.52. The van der Waals surface area contributed by atoms with Crippen LogP contribution in [0.4, 0.5) is 17.6 Å². The maximum absolute atomic E-state index is 13.3. The fraction of sp³-hybridized carbons (Fsp3) is 0.368. The highest BCUT2D eigenvalue weighted by Crippen LogP contribution is 2.27. The Bertz CT molecular complexity index is 788. The Labute approximate surface area is 159 Å². The van der Waals surface area contributed by atoms with Gasteiger partial charge in [0.2, 0.25) is 0 Å². The number of aromatic nitrogens is 1. The number of rotatable bonds is 5. The summed E-state index contributed by atoms with van der Waals surface area (Å²) in [4.78, 5) is 17.8. The van der Waals surface area contributed by atoms with E-state index in [1.807, 2.05) is 0 Å². The monoisotopic (exact) mass is 397 g/mol. The molecule has 3 rings (SSSR count). The minimum absolute atomic E-state index is 0.0350. The summed E-state index contributed by atoms with van der Waals surface area (Å²) < 4.78 is 56.4. The molecule has 1 fully saturated rings. The number of carbonyl (C=O) groups is 1. The Morgan fingerprint density at radius 1 is 1.14 bits per heavy atom. The first-order chi connectivity index (χ1) is 13.3. The molecule has 1 aromatic carbocycles. The lowest BCUT2D eigenvalue weighted by atomic mass is 10.0. The first-order valence-electron chi connectivity index (χ1n) is 8.73. The van der Waals surface area contributed by atoms with E-state index in [4.69, 9.17) is 4.74 Å². The van der Waals surface area contributed by atoms with Crippen molar-refractivity contribution in [2.24, 2.45) is 0 Å². The number of hydrogen-bond donors (Lipinski definition) is 1. The lowest BCUT2D eigenvalue weighted by Gasteiger charge is -2.35. The van der Waals surface area contributed by atoms with Crippen LogP contribution in [0.2, 0.25) is 0 Å². The molecule has 0 aliphatic carbocycles. The Balaban J connectivity index is 1.70. The highest BCUT2D eigenvalue weighted by molar-refractivity contribution is 5.93. The zero-order valence-corrected chi connectivity index (χ0v) is 14.9. The average Bonchev–Trinajstić information content (AvgIpc) is 2.69. The van der Waals surface area contributed by atoms with Crippen molar-refractivity contribution in [3.8, 4) is 0 Å². The second kappa shape index (κ2) is 8.66. The van der Waals surface area contributed by atoms with E-state index in [2.05, 4.69) is 15.2 Å². The number of amides is 1. The molecular weight excluding hydrogens is 378 g/mol. The molecule has 0 radical (unpaired) electrons. The van der Waals surface area contributed by atoms with Crippen molar-refractivity contribution in [3.05, 3.63) is 65.2 Å². The van der Waals surface area contributed by atoms with Gasteiger partial charge < -0.3 is 10.1 Å². The molecule has 28 heavy (non-hydrogen) atoms. The van der Waals surface area contributed by atoms with Gasteiger partial charge in [-0.1, -0.05) is 12.1 Å². The standard InChI is InChI=1S/C19H19F4N3O2/c20-15-4-1-13(2-5-15)16(26-7-9-28-10-8-26)12-25-18(27)14-3-6-17(24-11-14)19(21,22)23/h1-6,11,16H,7-10,12H2,(H,25,27). The summed E-state index contributed by atoms with van der Waals surface area (Å²) in [7, 11) is 0. The largest absolute Gasteiger partial charge is 0.433 e. The van der Waals surface area contributed by atoms with Crippen molar-refractivity contribution in [3.63, 3.8) is 0 Å². The van der Waals surface area contributed by atoms with Gasteiger partial charge >= 0.3 is 6.18 Å². The molecule has 150 valence electrons. The molecule has 2 heterocycles. The number of benzene rings is 1. The maximum atomic E-state index is 13.3. The van der Waals surface area contributed by atoms with Gasteiger partial charge in [0, 0.05) is 25.8 Å². The van der Waals surface area contributed by atoms with Crippen LogP contribution in [-0.4, -0.2) is 48.6 Å². The molecule has 0 bridgehead atoms. The van der Waals surface area contributed by atoms with Gasteiger partial charge in [-0.25, -0.2) is 4.39 Å². The SMILES string of the molecule is O=C(NCC(c1ccc(F)cc1)N1CCOCC1)c1ccc(C(F)(F)F)nc1. The third-order valence-corrected chi connectivity index (χ3v) is 4.51. The van der Waals surface area contributed by atoms with E-state index in [0.717, 1.165) is 23.9 Å². The van der Waals surface area contributed by atoms with Crippen LogP contribution in [0.3, 0.4) is 0 Å². The van der Waals surface area contributed by atoms with Crippen LogP contribution < -0.4 is 5.32 Å². The molecule has 0 spiro atoms. The zero-order chi connectivity index (χ0) is 20.1. The van der Waals surface area contributed by atoms with Gasteiger partial charge in [-0.3, -0.25) is 14.7 Å². The van der Waals surface area contributed by atoms with E-state index in [9.17, 15) is 22.4 Å². The first-order valence-corrected chi connectivity index (χ1v) is 8.73. The Kier molecular flexibility index (Phi) is 6.25. The van der Waals surface area contributed by atoms with Crippen LogP contribution in [0.5, 0.6) is 0 Å². The van der Waals surface area contributed by atoms with Crippen molar-refractivity contribution in [1.29, 1.82) is 0 Å². The molecular formula is C19H19F4N3O2. The molecule has 1 N–H and O–H groups in total. The van der Waals surface area contributed by atoms with Crippen molar-refractivity contribution in [1.82, 2.24) is 15.2 Å². The maximum Gasteiger partial charge on any atom is 0.433 e. The number of alkyl halides is 3. The van der Waals surface area contributed by atoms with Gasteiger partial charge in [0.05, 0.1) is 24.8 Å². The smallest absolute Gasteiger partial charge is 0.379 e. The Morgan fingerprint density at radius 2 is 1.82 bits per heavy atom. The number of halogens is 4. The van der Waals surface area contributed by atoms with Crippen LogP contribution >= 0.6 is 0 Å². The summed E-state index contributed by atoms with van der Waals surface area (Å²) in [5.41, 5.74) is -0.191. The zero-order valence-electron chi connectivity index (χ0n) is 14.9. The number of pyridine rings is 1. The summed E-state index contributed by atoms with van der Waals surface area (Å²) in [5.74, 6) is -0.883. The molecule has 1 aromatic heterocycles. The third kappa shape index (κ3) is 5.05. The predicted molar refractivity (Wildman–Crippen MR) is 93.1 cm³/mol. The second-order valence-corrected chi connectivity index (χ2v) is 6.36. The van der Waals surface area contributed by atoms with Crippen molar-refractivity contribution in [2.45, 2.75) is 12.2 Å². The van der Waals surface area contributed by atoms with Crippen LogP contribution in [0.15, 0.2) is 42.6 Å². The summed E-state index contributed by atoms with van der Waals surface area (Å²) in [5, 5.41) is 2.73. The molecule has 1 aliphatic rings. The molecule has 1 amide bonds. The lowest BCUT2D eigenvalue weighted by molar-refractivity contribution is -0.141. The summed E-state index contributed by atoms with van der Waals surface area (Å²) in [6.45, 7) is 2.62. The van der Waals surface area contributed by atoms with Crippen molar-refractivity contribution in [2.75, 3.05) is 32.8 Å². The van der Waals surface area contributed by atoms with Crippen LogP contribution in [0.1, 0.15) is 27.7 Å². The quantitative estimate of drug-likeness (QED) is 0.788. The number of nitrogens with one attached hydrogen (secondary N) is 1. The molecule has 0 saturated carbocycles. The second-order valence-electron chi connectivity index (χ2n) is 6.36. The fourth-order valence-electron chi connectivity index (χ4n) is 3.02. The van der Waals surface area contributed by atoms with Gasteiger partial charge in [-0.15, -0.1) is 0 Å². The lowest BCUT2D eigenvalue weighted by Crippen LogP contribution is -2.43. The van der Waals surface area contributed by atoms with E-state index >= 15 is 0 Å². The van der Waals surface area contributed by atoms with E-state index in [1.54, 1.807) is 12.1 Å². The molecule has 2 aromatic rings. The number of morpholine rings is 1. The third-order valence-electron chi connectivity index (χ3n) is 4.51. The van der Waals surface area contributed by atoms with E-state index < -0.39 is 17.8 Å². The molecule has 1 unspecified atom stereocenters. The highest BCUT2D eigenvalue weighted by Gasteiger charge is 2.32. The van der Waals surface area contributed by atoms with Gasteiger partial charge in [0.25, 0.3) is 5.91 Å². The van der Waals surface area contributed by atoms with Crippen LogP contribution in [0.25, 0.3) is 0 Å². The van der Waals surface area contributed by atoms with E-state index in [0.29, 0.717) is 26.3 Å². The van der Waals surface area contributed by atoms with Crippen molar-refractivity contribution < 1.29 is 27.1 Å². The summed E-state index contributed by atoms with van der Waals surface area (Å²) in [6.07, 6.45) is -3.65. The van der Waals surface area contributed by atoms with Crippen molar-refractivity contribution >= 4 is 5.91 Å². The molecule has 1 atom stereocenters. The minimum atomic E-state index is -4.56. The number of ether oxygens (including phenoxy) is 1. The first kappa shape index (κ1) is 20.2. The number of carbonyl (C=O) groups excluding carboxylic acids is 1. The minimum Gasteiger partial charge on any atom is -0.379 e. The molecule has 9 heteroatoms. The average molecular weight is 397 g/mol. The summed E-state index contributed by atoms with van der Waals surface area (Å²) in [6, 6.07) is 7.66. The number of hydrogen-bond acceptors (Lipinski definition) is 4. The number of nitrogens with zero attached hydrogens (tertiary/aromatic N) is 2. The molecule has 1 aliphatic heterocycles. The Morgan fingerprint density at radius 3 is 2.39 bits per heavy atom. The fourth-order valence-corrected chi connectivity index (χ4v) is 3.02. The summed E-state index contributed by atoms with van der Waals surface area (Å²) >= 11 is 0.